The summed E-state index contributed by atoms with van der Waals surface area (Å²) in [6.07, 6.45) is 0. The Labute approximate surface area is 136 Å². The fourth-order valence-electron chi connectivity index (χ4n) is 2.35. The smallest absolute Gasteiger partial charge is 0.0942 e. The Bertz CT molecular complexity index is 528. The van der Waals surface area contributed by atoms with E-state index in [9.17, 15) is 0 Å². The molecule has 0 saturated heterocycles. The maximum Gasteiger partial charge on any atom is 0.0942 e. The molecule has 0 aromatic heterocycles. The highest BCUT2D eigenvalue weighted by Crippen LogP contribution is 2.24. The molecule has 2 rings (SSSR count). The van der Waals surface area contributed by atoms with E-state index in [1.54, 1.807) is 0 Å². The molecule has 120 valence electrons. The van der Waals surface area contributed by atoms with Gasteiger partial charge in [-0.1, -0.05) is 65.8 Å². The van der Waals surface area contributed by atoms with Crippen molar-refractivity contribution >= 4 is 19.2 Å². The molecular weight excluding hydrogens is 290 g/mol. The number of rotatable bonds is 2. The molecule has 0 unspecified atom stereocenters. The molecule has 0 atom stereocenters. The molecule has 0 bridgehead atoms. The van der Waals surface area contributed by atoms with E-state index in [-0.39, 0.29) is 24.1 Å². The van der Waals surface area contributed by atoms with E-state index in [1.165, 1.54) is 21.7 Å². The largest absolute Gasteiger partial charge is 1.00 e. The summed E-state index contributed by atoms with van der Waals surface area (Å²) in [5, 5.41) is 2.93. The van der Waals surface area contributed by atoms with Gasteiger partial charge >= 0.3 is 0 Å². The van der Waals surface area contributed by atoms with Gasteiger partial charge in [0.05, 0.1) is 19.2 Å². The van der Waals surface area contributed by atoms with Gasteiger partial charge in [-0.05, 0) is 46.2 Å². The molecule has 0 amide bonds. The minimum absolute atomic E-state index is 0. The molecule has 0 aliphatic heterocycles. The molecule has 0 aliphatic carbocycles. The minimum Gasteiger partial charge on any atom is -1.00 e. The Kier molecular flexibility index (Phi) is 5.93. The second-order valence-electron chi connectivity index (χ2n) is 7.89. The van der Waals surface area contributed by atoms with Crippen molar-refractivity contribution in [2.24, 2.45) is 0 Å². The second kappa shape index (κ2) is 6.92. The summed E-state index contributed by atoms with van der Waals surface area (Å²) in [4.78, 5) is 0. The van der Waals surface area contributed by atoms with Crippen LogP contribution in [0.1, 0.15) is 52.7 Å². The number of hydrogen-bond acceptors (Lipinski definition) is 0. The van der Waals surface area contributed by atoms with Gasteiger partial charge in [-0.25, -0.2) is 0 Å². The highest BCUT2D eigenvalue weighted by Gasteiger charge is 2.15. The third kappa shape index (κ3) is 4.92. The van der Waals surface area contributed by atoms with Crippen molar-refractivity contribution in [1.29, 1.82) is 0 Å². The lowest BCUT2D eigenvalue weighted by atomic mass is 9.87. The van der Waals surface area contributed by atoms with Gasteiger partial charge in [-0.15, -0.1) is 0 Å². The van der Waals surface area contributed by atoms with Crippen LogP contribution in [0.5, 0.6) is 0 Å². The lowest BCUT2D eigenvalue weighted by molar-refractivity contribution is -0.00000508. The van der Waals surface area contributed by atoms with Crippen molar-refractivity contribution < 1.29 is 4.70 Å². The standard InChI is InChI=1S/C20H27P.FH/c1-19(2,3)15-7-11-17(12-8-15)21-18-13-9-16(10-14-18)20(4,5)6;/h7-14,21H,1-6H3;1H. The number of benzene rings is 2. The normalized spacial score (nSPS) is 11.9. The fraction of sp³-hybridized carbons (Fsp3) is 0.400. The summed E-state index contributed by atoms with van der Waals surface area (Å²) in [6, 6.07) is 18.3. The minimum atomic E-state index is 0. The molecule has 0 fully saturated rings. The average molecular weight is 318 g/mol. The van der Waals surface area contributed by atoms with Crippen molar-refractivity contribution in [2.45, 2.75) is 52.4 Å². The van der Waals surface area contributed by atoms with Crippen molar-refractivity contribution in [1.82, 2.24) is 0 Å². The quantitative estimate of drug-likeness (QED) is 0.739. The average Bonchev–Trinajstić information content (AvgIpc) is 2.38. The Morgan fingerprint density at radius 3 is 1.05 bits per heavy atom. The lowest BCUT2D eigenvalue weighted by Gasteiger charge is -2.19. The van der Waals surface area contributed by atoms with Crippen LogP contribution in [0.3, 0.4) is 0 Å². The third-order valence-corrected chi connectivity index (χ3v) is 5.32. The van der Waals surface area contributed by atoms with Crippen molar-refractivity contribution in [3.63, 3.8) is 0 Å². The number of hydrogen-bond donors (Lipinski definition) is 0. The van der Waals surface area contributed by atoms with Crippen molar-refractivity contribution in [2.75, 3.05) is 0 Å². The highest BCUT2D eigenvalue weighted by molar-refractivity contribution is 7.55. The predicted molar refractivity (Wildman–Crippen MR) is 99.3 cm³/mol. The van der Waals surface area contributed by atoms with Gasteiger partial charge < -0.3 is 4.70 Å². The summed E-state index contributed by atoms with van der Waals surface area (Å²) in [6.45, 7) is 13.6. The first-order valence-corrected chi connectivity index (χ1v) is 8.87. The topological polar surface area (TPSA) is 0 Å². The molecule has 0 saturated carbocycles. The Morgan fingerprint density at radius 2 is 0.818 bits per heavy atom. The molecular formula is C20H28FP. The highest BCUT2D eigenvalue weighted by atomic mass is 31.1. The van der Waals surface area contributed by atoms with Gasteiger partial charge in [-0.2, -0.15) is 0 Å². The summed E-state index contributed by atoms with van der Waals surface area (Å²) in [7, 11) is 0.191. The molecule has 0 radical (unpaired) electrons. The SMILES string of the molecule is CC(C)(C)c1ccc([PH2+]c2ccc(C(C)(C)C)cc2)cc1.[F-]. The maximum absolute atomic E-state index is 2.30. The molecule has 0 aliphatic rings. The molecule has 0 heterocycles. The molecule has 2 heteroatoms. The summed E-state index contributed by atoms with van der Waals surface area (Å²) in [5.74, 6) is 0. The lowest BCUT2D eigenvalue weighted by Crippen LogP contribution is -3.00. The van der Waals surface area contributed by atoms with E-state index in [0.29, 0.717) is 0 Å². The van der Waals surface area contributed by atoms with Crippen LogP contribution >= 0.6 is 8.58 Å². The van der Waals surface area contributed by atoms with Crippen LogP contribution in [-0.4, -0.2) is 0 Å². The van der Waals surface area contributed by atoms with Crippen LogP contribution in [0.25, 0.3) is 0 Å². The molecule has 0 spiro atoms. The van der Waals surface area contributed by atoms with Crippen LogP contribution in [0, 0.1) is 0 Å². The monoisotopic (exact) mass is 318 g/mol. The third-order valence-electron chi connectivity index (χ3n) is 3.89. The van der Waals surface area contributed by atoms with Crippen LogP contribution < -0.4 is 15.3 Å². The Morgan fingerprint density at radius 1 is 0.545 bits per heavy atom. The van der Waals surface area contributed by atoms with Crippen molar-refractivity contribution in [3.05, 3.63) is 59.7 Å². The predicted octanol–water partition coefficient (Wildman–Crippen LogP) is 1.65. The zero-order valence-corrected chi connectivity index (χ0v) is 15.7. The van der Waals surface area contributed by atoms with Crippen LogP contribution in [0.15, 0.2) is 48.5 Å². The van der Waals surface area contributed by atoms with Gasteiger partial charge in [-0.3, -0.25) is 0 Å². The van der Waals surface area contributed by atoms with E-state index >= 15 is 0 Å². The van der Waals surface area contributed by atoms with Crippen LogP contribution in [-0.2, 0) is 10.8 Å². The molecule has 0 N–H and O–H groups in total. The fourth-order valence-corrected chi connectivity index (χ4v) is 3.51. The van der Waals surface area contributed by atoms with Gasteiger partial charge in [0.1, 0.15) is 0 Å². The summed E-state index contributed by atoms with van der Waals surface area (Å²) < 4.78 is 0. The van der Waals surface area contributed by atoms with Crippen LogP contribution in [0.4, 0.5) is 0 Å². The summed E-state index contributed by atoms with van der Waals surface area (Å²) in [5.41, 5.74) is 3.30. The van der Waals surface area contributed by atoms with E-state index in [0.717, 1.165) is 0 Å². The van der Waals surface area contributed by atoms with E-state index < -0.39 is 0 Å². The van der Waals surface area contributed by atoms with Gasteiger partial charge in [0.25, 0.3) is 0 Å². The first-order chi connectivity index (χ1) is 9.66. The molecule has 2 aromatic carbocycles. The Balaban J connectivity index is 0.00000242. The van der Waals surface area contributed by atoms with Crippen molar-refractivity contribution in [3.8, 4) is 0 Å². The maximum atomic E-state index is 2.30. The van der Waals surface area contributed by atoms with E-state index in [4.69, 9.17) is 0 Å². The summed E-state index contributed by atoms with van der Waals surface area (Å²) >= 11 is 0. The van der Waals surface area contributed by atoms with Gasteiger partial charge in [0, 0.05) is 0 Å². The van der Waals surface area contributed by atoms with Crippen LogP contribution in [0.2, 0.25) is 0 Å². The second-order valence-corrected chi connectivity index (χ2v) is 9.51. The van der Waals surface area contributed by atoms with Gasteiger partial charge in [0.2, 0.25) is 0 Å². The molecule has 0 nitrogen and oxygen atoms in total. The first kappa shape index (κ1) is 18.8. The Hall–Kier alpha value is -1.20. The van der Waals surface area contributed by atoms with Gasteiger partial charge in [0.15, 0.2) is 0 Å². The molecule has 2 aromatic rings. The zero-order valence-electron chi connectivity index (χ0n) is 14.6. The van der Waals surface area contributed by atoms with E-state index in [2.05, 4.69) is 90.1 Å². The van der Waals surface area contributed by atoms with E-state index in [1.807, 2.05) is 0 Å². The number of halogens is 1. The zero-order chi connectivity index (χ0) is 15.7. The molecule has 22 heavy (non-hydrogen) atoms. The first-order valence-electron chi connectivity index (χ1n) is 7.72.